The Kier molecular flexibility index (Phi) is 2.31. The minimum absolute atomic E-state index is 1.01. The van der Waals surface area contributed by atoms with Gasteiger partial charge in [-0.15, -0.1) is 0 Å². The van der Waals surface area contributed by atoms with Crippen molar-refractivity contribution in [3.8, 4) is 0 Å². The molecule has 1 heterocycles. The summed E-state index contributed by atoms with van der Waals surface area (Å²) in [7, 11) is 0. The van der Waals surface area contributed by atoms with Crippen molar-refractivity contribution in [3.63, 3.8) is 0 Å². The molecular formula is C11H14O. The van der Waals surface area contributed by atoms with Crippen molar-refractivity contribution in [2.24, 2.45) is 0 Å². The third-order valence-electron chi connectivity index (χ3n) is 2.39. The van der Waals surface area contributed by atoms with E-state index in [1.165, 1.54) is 32.1 Å². The second-order valence-corrected chi connectivity index (χ2v) is 3.38. The van der Waals surface area contributed by atoms with E-state index in [2.05, 4.69) is 6.08 Å². The Balaban J connectivity index is 2.07. The molecule has 1 nitrogen and oxygen atoms in total. The van der Waals surface area contributed by atoms with Crippen LogP contribution in [0.3, 0.4) is 0 Å². The second-order valence-electron chi connectivity index (χ2n) is 3.38. The molecule has 0 N–H and O–H groups in total. The molecule has 1 heteroatoms. The zero-order valence-corrected chi connectivity index (χ0v) is 7.25. The lowest BCUT2D eigenvalue weighted by Gasteiger charge is -2.12. The summed E-state index contributed by atoms with van der Waals surface area (Å²) in [6.45, 7) is 0. The maximum absolute atomic E-state index is 5.26. The highest BCUT2D eigenvalue weighted by molar-refractivity contribution is 5.47. The Labute approximate surface area is 73.1 Å². The highest BCUT2D eigenvalue weighted by Crippen LogP contribution is 2.24. The molecular weight excluding hydrogens is 148 g/mol. The van der Waals surface area contributed by atoms with E-state index in [9.17, 15) is 0 Å². The minimum atomic E-state index is 1.01. The van der Waals surface area contributed by atoms with Crippen molar-refractivity contribution in [3.05, 3.63) is 29.7 Å². The minimum Gasteiger partial charge on any atom is -0.465 e. The summed E-state index contributed by atoms with van der Waals surface area (Å²) < 4.78 is 5.26. The van der Waals surface area contributed by atoms with Gasteiger partial charge in [0.15, 0.2) is 0 Å². The molecule has 1 aromatic heterocycles. The number of hydrogen-bond acceptors (Lipinski definition) is 1. The largest absolute Gasteiger partial charge is 0.465 e. The molecule has 1 fully saturated rings. The van der Waals surface area contributed by atoms with Gasteiger partial charge in [-0.25, -0.2) is 0 Å². The van der Waals surface area contributed by atoms with Crippen LogP contribution in [0.15, 0.2) is 28.4 Å². The van der Waals surface area contributed by atoms with Gasteiger partial charge in [-0.05, 0) is 43.9 Å². The first kappa shape index (κ1) is 7.66. The SMILES string of the molecule is C(=C1CCCCC1)c1ccco1. The van der Waals surface area contributed by atoms with Gasteiger partial charge in [0.2, 0.25) is 0 Å². The molecule has 1 aliphatic rings. The Hall–Kier alpha value is -0.980. The van der Waals surface area contributed by atoms with Gasteiger partial charge in [-0.2, -0.15) is 0 Å². The summed E-state index contributed by atoms with van der Waals surface area (Å²) in [5, 5.41) is 0. The van der Waals surface area contributed by atoms with Crippen LogP contribution in [-0.2, 0) is 0 Å². The molecule has 0 bridgehead atoms. The van der Waals surface area contributed by atoms with Crippen LogP contribution >= 0.6 is 0 Å². The summed E-state index contributed by atoms with van der Waals surface area (Å²) in [6.07, 6.45) is 10.6. The average Bonchev–Trinajstić information content (AvgIpc) is 2.59. The first-order valence-corrected chi connectivity index (χ1v) is 4.68. The van der Waals surface area contributed by atoms with Gasteiger partial charge < -0.3 is 4.42 Å². The van der Waals surface area contributed by atoms with Crippen LogP contribution in [0.1, 0.15) is 37.9 Å². The molecule has 0 saturated heterocycles. The zero-order valence-electron chi connectivity index (χ0n) is 7.25. The molecule has 1 aromatic rings. The predicted octanol–water partition coefficient (Wildman–Crippen LogP) is 3.63. The maximum Gasteiger partial charge on any atom is 0.126 e. The van der Waals surface area contributed by atoms with Gasteiger partial charge in [0.05, 0.1) is 6.26 Å². The lowest BCUT2D eigenvalue weighted by atomic mass is 9.94. The highest BCUT2D eigenvalue weighted by Gasteiger charge is 2.05. The number of furan rings is 1. The van der Waals surface area contributed by atoms with Crippen LogP contribution < -0.4 is 0 Å². The van der Waals surface area contributed by atoms with E-state index in [0.717, 1.165) is 5.76 Å². The van der Waals surface area contributed by atoms with Gasteiger partial charge in [0.25, 0.3) is 0 Å². The number of rotatable bonds is 1. The quantitative estimate of drug-likeness (QED) is 0.614. The molecule has 1 saturated carbocycles. The Morgan fingerprint density at radius 3 is 2.67 bits per heavy atom. The Morgan fingerprint density at radius 1 is 1.17 bits per heavy atom. The first-order chi connectivity index (χ1) is 5.95. The predicted molar refractivity (Wildman–Crippen MR) is 49.8 cm³/mol. The fourth-order valence-corrected chi connectivity index (χ4v) is 1.72. The van der Waals surface area contributed by atoms with Crippen molar-refractivity contribution in [2.75, 3.05) is 0 Å². The van der Waals surface area contributed by atoms with E-state index in [0.29, 0.717) is 0 Å². The van der Waals surface area contributed by atoms with Gasteiger partial charge in [-0.3, -0.25) is 0 Å². The lowest BCUT2D eigenvalue weighted by Crippen LogP contribution is -1.92. The molecule has 0 atom stereocenters. The smallest absolute Gasteiger partial charge is 0.126 e. The molecule has 2 rings (SSSR count). The number of allylic oxidation sites excluding steroid dienone is 1. The third-order valence-corrected chi connectivity index (χ3v) is 2.39. The highest BCUT2D eigenvalue weighted by atomic mass is 16.3. The molecule has 0 unspecified atom stereocenters. The lowest BCUT2D eigenvalue weighted by molar-refractivity contribution is 0.552. The number of hydrogen-bond donors (Lipinski definition) is 0. The van der Waals surface area contributed by atoms with Crippen molar-refractivity contribution in [1.82, 2.24) is 0 Å². The van der Waals surface area contributed by atoms with Crippen LogP contribution in [-0.4, -0.2) is 0 Å². The van der Waals surface area contributed by atoms with Crippen molar-refractivity contribution < 1.29 is 4.42 Å². The standard InChI is InChI=1S/C11H14O/c1-2-5-10(6-3-1)9-11-7-4-8-12-11/h4,7-9H,1-3,5-6H2. The maximum atomic E-state index is 5.26. The van der Waals surface area contributed by atoms with Gasteiger partial charge in [-0.1, -0.05) is 12.0 Å². The molecule has 1 aliphatic carbocycles. The fourth-order valence-electron chi connectivity index (χ4n) is 1.72. The van der Waals surface area contributed by atoms with E-state index in [-0.39, 0.29) is 0 Å². The summed E-state index contributed by atoms with van der Waals surface area (Å²) in [6, 6.07) is 3.96. The molecule has 64 valence electrons. The molecule has 0 aliphatic heterocycles. The summed E-state index contributed by atoms with van der Waals surface area (Å²) in [4.78, 5) is 0. The van der Waals surface area contributed by atoms with Crippen LogP contribution in [0.2, 0.25) is 0 Å². The fraction of sp³-hybridized carbons (Fsp3) is 0.455. The summed E-state index contributed by atoms with van der Waals surface area (Å²) in [5.74, 6) is 1.01. The monoisotopic (exact) mass is 162 g/mol. The Bertz CT molecular complexity index is 249. The van der Waals surface area contributed by atoms with Crippen LogP contribution in [0, 0.1) is 0 Å². The Morgan fingerprint density at radius 2 is 2.00 bits per heavy atom. The molecule has 12 heavy (non-hydrogen) atoms. The van der Waals surface area contributed by atoms with Crippen molar-refractivity contribution >= 4 is 6.08 Å². The average molecular weight is 162 g/mol. The van der Waals surface area contributed by atoms with Gasteiger partial charge >= 0.3 is 0 Å². The molecule has 0 aromatic carbocycles. The molecule has 0 radical (unpaired) electrons. The molecule has 0 amide bonds. The van der Waals surface area contributed by atoms with E-state index in [1.807, 2.05) is 12.1 Å². The third kappa shape index (κ3) is 1.79. The van der Waals surface area contributed by atoms with E-state index >= 15 is 0 Å². The van der Waals surface area contributed by atoms with Crippen molar-refractivity contribution in [1.29, 1.82) is 0 Å². The van der Waals surface area contributed by atoms with E-state index < -0.39 is 0 Å². The van der Waals surface area contributed by atoms with Gasteiger partial charge in [0.1, 0.15) is 5.76 Å². The van der Waals surface area contributed by atoms with Crippen LogP contribution in [0.25, 0.3) is 6.08 Å². The molecule has 0 spiro atoms. The summed E-state index contributed by atoms with van der Waals surface area (Å²) in [5.41, 5.74) is 1.55. The first-order valence-electron chi connectivity index (χ1n) is 4.68. The van der Waals surface area contributed by atoms with Gasteiger partial charge in [0, 0.05) is 0 Å². The second kappa shape index (κ2) is 3.61. The van der Waals surface area contributed by atoms with Crippen LogP contribution in [0.4, 0.5) is 0 Å². The van der Waals surface area contributed by atoms with Crippen LogP contribution in [0.5, 0.6) is 0 Å². The normalized spacial score (nSPS) is 17.8. The van der Waals surface area contributed by atoms with E-state index in [1.54, 1.807) is 11.8 Å². The van der Waals surface area contributed by atoms with E-state index in [4.69, 9.17) is 4.42 Å². The summed E-state index contributed by atoms with van der Waals surface area (Å²) >= 11 is 0. The zero-order chi connectivity index (χ0) is 8.23. The topological polar surface area (TPSA) is 13.1 Å². The van der Waals surface area contributed by atoms with Crippen molar-refractivity contribution in [2.45, 2.75) is 32.1 Å².